The minimum Gasteiger partial charge on any atom is -0.496 e. The second kappa shape index (κ2) is 10.5. The molecule has 1 aromatic heterocycles. The number of aryl methyl sites for hydroxylation is 2. The van der Waals surface area contributed by atoms with Crippen molar-refractivity contribution in [2.24, 2.45) is 0 Å². The Morgan fingerprint density at radius 2 is 1.85 bits per heavy atom. The molecule has 1 aliphatic heterocycles. The summed E-state index contributed by atoms with van der Waals surface area (Å²) in [6.07, 6.45) is 5.33. The van der Waals surface area contributed by atoms with E-state index < -0.39 is 0 Å². The summed E-state index contributed by atoms with van der Waals surface area (Å²) in [5.41, 5.74) is 3.13. The number of fused-ring (bicyclic) bond motifs is 1. The molecule has 3 aromatic rings. The Morgan fingerprint density at radius 3 is 2.58 bits per heavy atom. The fourth-order valence-corrected chi connectivity index (χ4v) is 4.26. The molecule has 0 saturated carbocycles. The van der Waals surface area contributed by atoms with Crippen LogP contribution < -0.4 is 10.4 Å². The Balaban J connectivity index is 1.31. The van der Waals surface area contributed by atoms with Crippen LogP contribution in [0, 0.1) is 6.92 Å². The van der Waals surface area contributed by atoms with Crippen LogP contribution in [-0.2, 0) is 11.2 Å². The molecule has 0 atom stereocenters. The van der Waals surface area contributed by atoms with E-state index in [1.807, 2.05) is 36.1 Å². The number of benzene rings is 2. The molecular formula is C27H30N2O4. The van der Waals surface area contributed by atoms with Gasteiger partial charge in [-0.15, -0.1) is 0 Å². The highest BCUT2D eigenvalue weighted by Gasteiger charge is 2.21. The molecule has 0 N–H and O–H groups in total. The predicted octanol–water partition coefficient (Wildman–Crippen LogP) is 3.90. The molecule has 2 heterocycles. The van der Waals surface area contributed by atoms with E-state index in [4.69, 9.17) is 9.15 Å². The van der Waals surface area contributed by atoms with E-state index in [1.165, 1.54) is 11.6 Å². The van der Waals surface area contributed by atoms with E-state index in [1.54, 1.807) is 13.2 Å². The number of rotatable bonds is 7. The fraction of sp³-hybridized carbons (Fsp3) is 0.333. The number of piperazine rings is 1. The molecule has 172 valence electrons. The highest BCUT2D eigenvalue weighted by atomic mass is 16.5. The zero-order valence-electron chi connectivity index (χ0n) is 19.3. The Bertz CT molecular complexity index is 1190. The molecule has 1 fully saturated rings. The molecule has 0 spiro atoms. The van der Waals surface area contributed by atoms with Crippen molar-refractivity contribution in [3.8, 4) is 5.75 Å². The highest BCUT2D eigenvalue weighted by molar-refractivity contribution is 5.83. The van der Waals surface area contributed by atoms with Gasteiger partial charge in [0.05, 0.1) is 7.11 Å². The fourth-order valence-electron chi connectivity index (χ4n) is 4.26. The Labute approximate surface area is 194 Å². The van der Waals surface area contributed by atoms with Crippen LogP contribution in [0.1, 0.15) is 23.1 Å². The maximum atomic E-state index is 12.8. The van der Waals surface area contributed by atoms with Crippen LogP contribution in [0.3, 0.4) is 0 Å². The first-order valence-electron chi connectivity index (χ1n) is 11.4. The lowest BCUT2D eigenvalue weighted by Gasteiger charge is -2.34. The Kier molecular flexibility index (Phi) is 7.25. The lowest BCUT2D eigenvalue weighted by atomic mass is 10.0. The highest BCUT2D eigenvalue weighted by Crippen LogP contribution is 2.28. The zero-order chi connectivity index (χ0) is 23.2. The van der Waals surface area contributed by atoms with E-state index >= 15 is 0 Å². The van der Waals surface area contributed by atoms with Crippen molar-refractivity contribution in [2.75, 3.05) is 39.8 Å². The third-order valence-electron chi connectivity index (χ3n) is 6.16. The smallest absolute Gasteiger partial charge is 0.336 e. The average molecular weight is 447 g/mol. The normalized spacial score (nSPS) is 14.8. The number of methoxy groups -OCH3 is 1. The molecule has 4 rings (SSSR count). The van der Waals surface area contributed by atoms with Crippen molar-refractivity contribution in [1.82, 2.24) is 9.80 Å². The van der Waals surface area contributed by atoms with Crippen molar-refractivity contribution < 1.29 is 13.9 Å². The molecule has 0 bridgehead atoms. The van der Waals surface area contributed by atoms with Crippen LogP contribution in [0.15, 0.2) is 63.8 Å². The second-order valence-corrected chi connectivity index (χ2v) is 8.40. The van der Waals surface area contributed by atoms with Gasteiger partial charge >= 0.3 is 5.63 Å². The quantitative estimate of drug-likeness (QED) is 0.515. The van der Waals surface area contributed by atoms with Crippen molar-refractivity contribution in [1.29, 1.82) is 0 Å². The van der Waals surface area contributed by atoms with Crippen molar-refractivity contribution >= 4 is 23.0 Å². The summed E-state index contributed by atoms with van der Waals surface area (Å²) < 4.78 is 10.8. The molecular weight excluding hydrogens is 416 g/mol. The molecule has 33 heavy (non-hydrogen) atoms. The number of carbonyl (C=O) groups is 1. The first-order valence-corrected chi connectivity index (χ1v) is 11.4. The van der Waals surface area contributed by atoms with Crippen LogP contribution in [-0.4, -0.2) is 55.5 Å². The number of nitrogens with zero attached hydrogens (tertiary/aromatic N) is 2. The van der Waals surface area contributed by atoms with Gasteiger partial charge < -0.3 is 14.1 Å². The third kappa shape index (κ3) is 5.71. The minimum absolute atomic E-state index is 0.160. The lowest BCUT2D eigenvalue weighted by Crippen LogP contribution is -2.48. The molecule has 2 aromatic carbocycles. The summed E-state index contributed by atoms with van der Waals surface area (Å²) >= 11 is 0. The molecule has 1 amide bonds. The number of amides is 1. The van der Waals surface area contributed by atoms with Gasteiger partial charge in [0.25, 0.3) is 0 Å². The molecule has 1 saturated heterocycles. The second-order valence-electron chi connectivity index (χ2n) is 8.40. The van der Waals surface area contributed by atoms with Gasteiger partial charge in [-0.05, 0) is 36.1 Å². The average Bonchev–Trinajstić information content (AvgIpc) is 2.83. The van der Waals surface area contributed by atoms with Crippen molar-refractivity contribution in [3.05, 3.63) is 81.7 Å². The van der Waals surface area contributed by atoms with Crippen molar-refractivity contribution in [3.63, 3.8) is 0 Å². The third-order valence-corrected chi connectivity index (χ3v) is 6.16. The van der Waals surface area contributed by atoms with Gasteiger partial charge in [-0.3, -0.25) is 9.69 Å². The van der Waals surface area contributed by atoms with Gasteiger partial charge in [-0.2, -0.15) is 0 Å². The lowest BCUT2D eigenvalue weighted by molar-refractivity contribution is -0.132. The Morgan fingerprint density at radius 1 is 1.09 bits per heavy atom. The largest absolute Gasteiger partial charge is 0.496 e. The summed E-state index contributed by atoms with van der Waals surface area (Å²) in [6, 6.07) is 15.5. The molecule has 6 nitrogen and oxygen atoms in total. The van der Waals surface area contributed by atoms with Crippen LogP contribution in [0.5, 0.6) is 5.75 Å². The summed E-state index contributed by atoms with van der Waals surface area (Å²) in [6.45, 7) is 6.02. The van der Waals surface area contributed by atoms with E-state index in [9.17, 15) is 9.59 Å². The van der Waals surface area contributed by atoms with Gasteiger partial charge in [0.2, 0.25) is 5.91 Å². The van der Waals surface area contributed by atoms with Gasteiger partial charge in [0.15, 0.2) is 0 Å². The van der Waals surface area contributed by atoms with E-state index in [0.717, 1.165) is 49.2 Å². The first kappa shape index (κ1) is 22.8. The summed E-state index contributed by atoms with van der Waals surface area (Å²) in [5, 5.41) is 0.870. The number of carbonyl (C=O) groups excluding carboxylic acids is 1. The number of ether oxygens (including phenoxy) is 1. The zero-order valence-corrected chi connectivity index (χ0v) is 19.3. The first-order chi connectivity index (χ1) is 16.0. The van der Waals surface area contributed by atoms with Gasteiger partial charge in [0.1, 0.15) is 11.3 Å². The SMILES string of the molecule is COc1cc2oc(=O)cc(C)c2cc1CCC(=O)N1CCN(CC=Cc2ccccc2)CC1. The number of hydrogen-bond acceptors (Lipinski definition) is 5. The number of hydrogen-bond donors (Lipinski definition) is 0. The molecule has 0 aliphatic carbocycles. The monoisotopic (exact) mass is 446 g/mol. The topological polar surface area (TPSA) is 63.0 Å². The van der Waals surface area contributed by atoms with E-state index in [2.05, 4.69) is 29.2 Å². The minimum atomic E-state index is -0.375. The maximum Gasteiger partial charge on any atom is 0.336 e. The maximum absolute atomic E-state index is 12.8. The van der Waals surface area contributed by atoms with Crippen LogP contribution in [0.2, 0.25) is 0 Å². The van der Waals surface area contributed by atoms with Crippen molar-refractivity contribution in [2.45, 2.75) is 19.8 Å². The molecule has 0 radical (unpaired) electrons. The standard InChI is InChI=1S/C27H30N2O4/c1-20-17-27(31)33-25-19-24(32-2)22(18-23(20)25)10-11-26(30)29-15-13-28(14-16-29)12-6-9-21-7-4-3-5-8-21/h3-9,17-19H,10-16H2,1-2H3. The molecule has 6 heteroatoms. The predicted molar refractivity (Wildman–Crippen MR) is 131 cm³/mol. The van der Waals surface area contributed by atoms with Crippen LogP contribution in [0.4, 0.5) is 0 Å². The summed E-state index contributed by atoms with van der Waals surface area (Å²) in [5.74, 6) is 0.798. The van der Waals surface area contributed by atoms with E-state index in [0.29, 0.717) is 24.2 Å². The van der Waals surface area contributed by atoms with Crippen LogP contribution >= 0.6 is 0 Å². The Hall–Kier alpha value is -3.38. The van der Waals surface area contributed by atoms with E-state index in [-0.39, 0.29) is 11.5 Å². The van der Waals surface area contributed by atoms with Gasteiger partial charge in [0, 0.05) is 56.7 Å². The molecule has 0 unspecified atom stereocenters. The summed E-state index contributed by atoms with van der Waals surface area (Å²) in [7, 11) is 1.59. The van der Waals surface area contributed by atoms with Crippen LogP contribution in [0.25, 0.3) is 17.0 Å². The van der Waals surface area contributed by atoms with Gasteiger partial charge in [-0.25, -0.2) is 4.79 Å². The van der Waals surface area contributed by atoms with Gasteiger partial charge in [-0.1, -0.05) is 42.5 Å². The molecule has 1 aliphatic rings. The summed E-state index contributed by atoms with van der Waals surface area (Å²) in [4.78, 5) is 28.8.